The Balaban J connectivity index is 2.11. The van der Waals surface area contributed by atoms with E-state index in [1.54, 1.807) is 5.32 Å². The van der Waals surface area contributed by atoms with Gasteiger partial charge in [-0.1, -0.05) is 30.2 Å². The molecular formula is C28H50N2O19P2. The van der Waals surface area contributed by atoms with Crippen LogP contribution in [0.1, 0.15) is 53.4 Å². The number of phosphoric ester groups is 2. The van der Waals surface area contributed by atoms with Crippen LogP contribution in [0.2, 0.25) is 0 Å². The fourth-order valence-corrected chi connectivity index (χ4v) is 7.32. The second kappa shape index (κ2) is 20.4. The van der Waals surface area contributed by atoms with E-state index in [-0.39, 0.29) is 18.9 Å². The fourth-order valence-electron chi connectivity index (χ4n) is 5.15. The standard InChI is InChI=1S/C28H50N2O19P2/c1-14(2)8-9-15(3)6-5-7-16(4)10-11-44-50(40,41)49-51(42,43)48-26-20(30-28(38)39)23(35)24(18(13-32)46-26)47-25-19(29-27(36)37)22(34)21(33)17(12-31)45-25/h6,8,16-26,29-35H,5,7,9-13H2,1-4H3,(H,36,37)(H,38,39)(H,40,41)(H,42,43)/t16?,17-,18-,19-,20-,21-,22-,23-,24-,25+,26+/m1/s1. The zero-order valence-corrected chi connectivity index (χ0v) is 30.2. The Kier molecular flexibility index (Phi) is 18.1. The number of rotatable bonds is 19. The highest BCUT2D eigenvalue weighted by Gasteiger charge is 2.54. The molecule has 2 amide bonds. The third kappa shape index (κ3) is 14.7. The molecule has 3 unspecified atom stereocenters. The van der Waals surface area contributed by atoms with E-state index in [2.05, 4.69) is 16.5 Å². The number of aliphatic hydroxyl groups is 5. The van der Waals surface area contributed by atoms with Crippen molar-refractivity contribution >= 4 is 27.8 Å². The van der Waals surface area contributed by atoms with Crippen molar-refractivity contribution in [2.24, 2.45) is 5.92 Å². The van der Waals surface area contributed by atoms with Crippen LogP contribution in [0.4, 0.5) is 9.59 Å². The van der Waals surface area contributed by atoms with Gasteiger partial charge in [0.2, 0.25) is 0 Å². The molecule has 2 aliphatic rings. The Bertz CT molecular complexity index is 1300. The molecule has 0 aromatic rings. The van der Waals surface area contributed by atoms with Crippen molar-refractivity contribution in [2.45, 2.75) is 115 Å². The van der Waals surface area contributed by atoms with E-state index < -0.39 is 102 Å². The Morgan fingerprint density at radius 1 is 0.824 bits per heavy atom. The summed E-state index contributed by atoms with van der Waals surface area (Å²) in [6.45, 7) is 5.58. The summed E-state index contributed by atoms with van der Waals surface area (Å²) in [7, 11) is -11.0. The van der Waals surface area contributed by atoms with Crippen molar-refractivity contribution < 1.29 is 91.8 Å². The Morgan fingerprint density at radius 3 is 1.94 bits per heavy atom. The van der Waals surface area contributed by atoms with Crippen LogP contribution in [0.3, 0.4) is 0 Å². The SMILES string of the molecule is CC(C)=CCC(C)=CCCC(C)CCOP(=O)(O)OP(=O)(O)O[C@@H]1O[C@H](CO)[C@@H](O[C@@H]2O[C@H](CO)[C@@H](O)[C@H](O)[C@H]2NC(=O)O)[C@H](O)[C@H]1NC(=O)O. The van der Waals surface area contributed by atoms with Crippen molar-refractivity contribution in [2.75, 3.05) is 19.8 Å². The molecule has 2 heterocycles. The van der Waals surface area contributed by atoms with E-state index in [1.165, 1.54) is 11.1 Å². The van der Waals surface area contributed by atoms with Gasteiger partial charge in [0.05, 0.1) is 19.8 Å². The summed E-state index contributed by atoms with van der Waals surface area (Å²) in [4.78, 5) is 43.3. The first-order valence-electron chi connectivity index (χ1n) is 15.9. The van der Waals surface area contributed by atoms with Gasteiger partial charge >= 0.3 is 27.8 Å². The molecule has 21 nitrogen and oxygen atoms in total. The third-order valence-electron chi connectivity index (χ3n) is 7.90. The first-order chi connectivity index (χ1) is 23.7. The second-order valence-electron chi connectivity index (χ2n) is 12.4. The average molecular weight is 781 g/mol. The van der Waals surface area contributed by atoms with Crippen molar-refractivity contribution in [3.63, 3.8) is 0 Å². The highest BCUT2D eigenvalue weighted by Crippen LogP contribution is 2.61. The number of aliphatic hydroxyl groups excluding tert-OH is 5. The van der Waals surface area contributed by atoms with Gasteiger partial charge in [0.15, 0.2) is 12.6 Å². The monoisotopic (exact) mass is 780 g/mol. The van der Waals surface area contributed by atoms with Gasteiger partial charge < -0.3 is 70.4 Å². The number of carbonyl (C=O) groups is 2. The summed E-state index contributed by atoms with van der Waals surface area (Å²) in [5, 5.41) is 73.4. The molecule has 23 heteroatoms. The molecule has 0 aromatic heterocycles. The van der Waals surface area contributed by atoms with Gasteiger partial charge in [-0.2, -0.15) is 4.31 Å². The van der Waals surface area contributed by atoms with Crippen molar-refractivity contribution in [3.8, 4) is 0 Å². The highest BCUT2D eigenvalue weighted by atomic mass is 31.3. The lowest BCUT2D eigenvalue weighted by Crippen LogP contribution is -2.69. The molecule has 13 atom stereocenters. The van der Waals surface area contributed by atoms with E-state index in [1.807, 2.05) is 33.0 Å². The minimum absolute atomic E-state index is 0.0253. The molecule has 2 rings (SSSR count). The molecule has 51 heavy (non-hydrogen) atoms. The van der Waals surface area contributed by atoms with Crippen LogP contribution in [-0.2, 0) is 36.7 Å². The number of carboxylic acid groups (broad SMARTS) is 2. The maximum Gasteiger partial charge on any atom is 0.483 e. The zero-order chi connectivity index (χ0) is 38.7. The van der Waals surface area contributed by atoms with Crippen molar-refractivity contribution in [1.82, 2.24) is 10.6 Å². The summed E-state index contributed by atoms with van der Waals surface area (Å²) in [6, 6.07) is -3.82. The van der Waals surface area contributed by atoms with Gasteiger partial charge in [-0.05, 0) is 52.4 Å². The maximum atomic E-state index is 12.8. The Hall–Kier alpha value is -2.04. The molecule has 0 saturated carbocycles. The lowest BCUT2D eigenvalue weighted by atomic mass is 9.95. The van der Waals surface area contributed by atoms with Crippen LogP contribution in [0.15, 0.2) is 23.3 Å². The van der Waals surface area contributed by atoms with Gasteiger partial charge in [0, 0.05) is 0 Å². The molecule has 0 spiro atoms. The number of allylic oxidation sites excluding steroid dienone is 4. The van der Waals surface area contributed by atoms with E-state index in [0.29, 0.717) is 0 Å². The number of amides is 2. The Labute approximate surface area is 294 Å². The summed E-state index contributed by atoms with van der Waals surface area (Å²) in [6.07, 6.45) is -12.1. The summed E-state index contributed by atoms with van der Waals surface area (Å²) in [5.41, 5.74) is 2.39. The zero-order valence-electron chi connectivity index (χ0n) is 28.5. The molecule has 0 radical (unpaired) electrons. The summed E-state index contributed by atoms with van der Waals surface area (Å²) in [5.74, 6) is 0.0253. The predicted molar refractivity (Wildman–Crippen MR) is 173 cm³/mol. The van der Waals surface area contributed by atoms with Crippen LogP contribution < -0.4 is 10.6 Å². The number of nitrogens with one attached hydrogen (secondary N) is 2. The van der Waals surface area contributed by atoms with Crippen LogP contribution in [0, 0.1) is 5.92 Å². The molecule has 2 aliphatic heterocycles. The molecule has 11 N–H and O–H groups in total. The van der Waals surface area contributed by atoms with E-state index in [9.17, 15) is 64.3 Å². The number of hydrogen-bond donors (Lipinski definition) is 11. The second-order valence-corrected chi connectivity index (χ2v) is 15.4. The van der Waals surface area contributed by atoms with Gasteiger partial charge in [-0.25, -0.2) is 18.7 Å². The van der Waals surface area contributed by atoms with Crippen LogP contribution in [0.5, 0.6) is 0 Å². The molecule has 0 aromatic carbocycles. The first-order valence-corrected chi connectivity index (χ1v) is 18.9. The van der Waals surface area contributed by atoms with Crippen LogP contribution in [-0.4, -0.2) is 139 Å². The van der Waals surface area contributed by atoms with Gasteiger partial charge in [-0.15, -0.1) is 0 Å². The lowest BCUT2D eigenvalue weighted by molar-refractivity contribution is -0.325. The quantitative estimate of drug-likeness (QED) is 0.0628. The van der Waals surface area contributed by atoms with E-state index in [4.69, 9.17) is 23.3 Å². The van der Waals surface area contributed by atoms with Gasteiger partial charge in [-0.3, -0.25) is 9.05 Å². The summed E-state index contributed by atoms with van der Waals surface area (Å²) < 4.78 is 55.6. The molecular weight excluding hydrogens is 730 g/mol. The van der Waals surface area contributed by atoms with E-state index >= 15 is 0 Å². The molecule has 0 bridgehead atoms. The number of hydrogen-bond acceptors (Lipinski definition) is 15. The largest absolute Gasteiger partial charge is 0.483 e. The predicted octanol–water partition coefficient (Wildman–Crippen LogP) is 0.521. The highest BCUT2D eigenvalue weighted by molar-refractivity contribution is 7.61. The molecule has 2 fully saturated rings. The lowest BCUT2D eigenvalue weighted by Gasteiger charge is -2.47. The van der Waals surface area contributed by atoms with Gasteiger partial charge in [0.25, 0.3) is 0 Å². The molecule has 0 aliphatic carbocycles. The Morgan fingerprint density at radius 2 is 1.39 bits per heavy atom. The fraction of sp³-hybridized carbons (Fsp3) is 0.786. The third-order valence-corrected chi connectivity index (χ3v) is 10.5. The van der Waals surface area contributed by atoms with Crippen molar-refractivity contribution in [1.29, 1.82) is 0 Å². The topological polar surface area (TPSA) is 330 Å². The molecule has 296 valence electrons. The maximum absolute atomic E-state index is 12.8. The van der Waals surface area contributed by atoms with E-state index in [0.717, 1.165) is 19.3 Å². The van der Waals surface area contributed by atoms with Crippen molar-refractivity contribution in [3.05, 3.63) is 23.3 Å². The normalized spacial score (nSPS) is 33.0. The van der Waals surface area contributed by atoms with Gasteiger partial charge in [0.1, 0.15) is 48.7 Å². The van der Waals surface area contributed by atoms with Crippen LogP contribution >= 0.6 is 15.6 Å². The number of phosphoric acid groups is 2. The minimum Gasteiger partial charge on any atom is -0.465 e. The molecule has 2 saturated heterocycles. The first kappa shape index (κ1) is 45.1. The van der Waals surface area contributed by atoms with Crippen LogP contribution in [0.25, 0.3) is 0 Å². The smallest absolute Gasteiger partial charge is 0.465 e. The minimum atomic E-state index is -5.67. The average Bonchev–Trinajstić information content (AvgIpc) is 3.01. The summed E-state index contributed by atoms with van der Waals surface area (Å²) >= 11 is 0. The number of ether oxygens (including phenoxy) is 3.